The number of aromatic nitrogens is 2. The number of hydrogen-bond acceptors (Lipinski definition) is 6. The van der Waals surface area contributed by atoms with Gasteiger partial charge < -0.3 is 14.4 Å². The summed E-state index contributed by atoms with van der Waals surface area (Å²) in [6, 6.07) is 6.51. The van der Waals surface area contributed by atoms with Gasteiger partial charge in [0.05, 0.1) is 12.2 Å². The lowest BCUT2D eigenvalue weighted by atomic mass is 10.2. The Morgan fingerprint density at radius 1 is 1.47 bits per heavy atom. The molecule has 0 fully saturated rings. The summed E-state index contributed by atoms with van der Waals surface area (Å²) in [6.07, 6.45) is 0. The molecule has 1 heterocycles. The van der Waals surface area contributed by atoms with Crippen LogP contribution in [0.1, 0.15) is 17.6 Å². The Balaban J connectivity index is 2.30. The van der Waals surface area contributed by atoms with Crippen molar-refractivity contribution in [1.29, 1.82) is 0 Å². The zero-order valence-electron chi connectivity index (χ0n) is 9.08. The third-order valence-electron chi connectivity index (χ3n) is 2.02. The average Bonchev–Trinajstić information content (AvgIpc) is 2.79. The first kappa shape index (κ1) is 11.1. The third-order valence-corrected chi connectivity index (χ3v) is 2.02. The zero-order valence-corrected chi connectivity index (χ0v) is 9.08. The minimum Gasteiger partial charge on any atom is -0.507 e. The molecule has 17 heavy (non-hydrogen) atoms. The Morgan fingerprint density at radius 2 is 2.24 bits per heavy atom. The van der Waals surface area contributed by atoms with Gasteiger partial charge in [-0.25, -0.2) is 4.79 Å². The maximum Gasteiger partial charge on any atom is 0.397 e. The van der Waals surface area contributed by atoms with Crippen molar-refractivity contribution in [1.82, 2.24) is 10.1 Å². The van der Waals surface area contributed by atoms with Crippen LogP contribution in [0.25, 0.3) is 11.4 Å². The molecule has 0 atom stereocenters. The van der Waals surface area contributed by atoms with Gasteiger partial charge in [0.25, 0.3) is 0 Å². The second-order valence-corrected chi connectivity index (χ2v) is 3.16. The number of hydrogen-bond donors (Lipinski definition) is 1. The van der Waals surface area contributed by atoms with E-state index in [0.29, 0.717) is 5.56 Å². The van der Waals surface area contributed by atoms with Crippen LogP contribution >= 0.6 is 0 Å². The van der Waals surface area contributed by atoms with Crippen molar-refractivity contribution >= 4 is 5.97 Å². The predicted molar refractivity (Wildman–Crippen MR) is 57.4 cm³/mol. The first-order chi connectivity index (χ1) is 8.22. The number of rotatable bonds is 3. The Labute approximate surface area is 96.8 Å². The minimum atomic E-state index is -0.679. The van der Waals surface area contributed by atoms with E-state index in [4.69, 9.17) is 9.26 Å². The number of benzene rings is 1. The van der Waals surface area contributed by atoms with Crippen LogP contribution in [-0.2, 0) is 4.74 Å². The van der Waals surface area contributed by atoms with E-state index in [9.17, 15) is 9.90 Å². The summed E-state index contributed by atoms with van der Waals surface area (Å²) in [5.74, 6) is -0.748. The van der Waals surface area contributed by atoms with Gasteiger partial charge in [0.2, 0.25) is 5.82 Å². The number of ether oxygens (including phenoxy) is 1. The minimum absolute atomic E-state index is 0.0173. The highest BCUT2D eigenvalue weighted by Gasteiger charge is 2.18. The van der Waals surface area contributed by atoms with E-state index in [1.807, 2.05) is 0 Å². The fourth-order valence-corrected chi connectivity index (χ4v) is 1.27. The molecule has 0 aliphatic heterocycles. The molecule has 0 amide bonds. The maximum atomic E-state index is 11.3. The third kappa shape index (κ3) is 2.25. The molecule has 0 aliphatic carbocycles. The van der Waals surface area contributed by atoms with Gasteiger partial charge in [-0.15, -0.1) is 0 Å². The van der Waals surface area contributed by atoms with Gasteiger partial charge in [-0.3, -0.25) is 0 Å². The summed E-state index contributed by atoms with van der Waals surface area (Å²) in [5.41, 5.74) is 0.395. The second-order valence-electron chi connectivity index (χ2n) is 3.16. The summed E-state index contributed by atoms with van der Waals surface area (Å²) < 4.78 is 9.45. The summed E-state index contributed by atoms with van der Waals surface area (Å²) >= 11 is 0. The van der Waals surface area contributed by atoms with Crippen LogP contribution in [-0.4, -0.2) is 27.8 Å². The Hall–Kier alpha value is -2.37. The first-order valence-corrected chi connectivity index (χ1v) is 5.01. The van der Waals surface area contributed by atoms with Crippen molar-refractivity contribution in [3.63, 3.8) is 0 Å². The standard InChI is InChI=1S/C11H10N2O4/c1-2-16-11(15)10-12-9(13-17-10)7-5-3-4-6-8(7)14/h3-6,14H,2H2,1H3. The fourth-order valence-electron chi connectivity index (χ4n) is 1.27. The Kier molecular flexibility index (Phi) is 3.04. The van der Waals surface area contributed by atoms with Crippen molar-refractivity contribution in [2.24, 2.45) is 0 Å². The zero-order chi connectivity index (χ0) is 12.3. The maximum absolute atomic E-state index is 11.3. The number of nitrogens with zero attached hydrogens (tertiary/aromatic N) is 2. The number of aromatic hydroxyl groups is 1. The van der Waals surface area contributed by atoms with Gasteiger partial charge in [-0.2, -0.15) is 4.98 Å². The van der Waals surface area contributed by atoms with E-state index in [0.717, 1.165) is 0 Å². The van der Waals surface area contributed by atoms with E-state index >= 15 is 0 Å². The fraction of sp³-hybridized carbons (Fsp3) is 0.182. The largest absolute Gasteiger partial charge is 0.507 e. The van der Waals surface area contributed by atoms with Crippen LogP contribution in [0.15, 0.2) is 28.8 Å². The van der Waals surface area contributed by atoms with Crippen LogP contribution in [0.2, 0.25) is 0 Å². The van der Waals surface area contributed by atoms with Crippen molar-refractivity contribution in [3.05, 3.63) is 30.2 Å². The molecule has 0 unspecified atom stereocenters. The van der Waals surface area contributed by atoms with Gasteiger partial charge in [-0.1, -0.05) is 17.3 Å². The summed E-state index contributed by atoms with van der Waals surface area (Å²) in [6.45, 7) is 1.91. The number of carbonyl (C=O) groups is 1. The highest BCUT2D eigenvalue weighted by molar-refractivity contribution is 5.84. The molecular formula is C11H10N2O4. The molecule has 1 N–H and O–H groups in total. The summed E-state index contributed by atoms with van der Waals surface area (Å²) in [5, 5.41) is 13.2. The van der Waals surface area contributed by atoms with Crippen LogP contribution in [0.5, 0.6) is 5.75 Å². The summed E-state index contributed by atoms with van der Waals surface area (Å²) in [7, 11) is 0. The highest BCUT2D eigenvalue weighted by Crippen LogP contribution is 2.25. The van der Waals surface area contributed by atoms with Crippen molar-refractivity contribution < 1.29 is 19.2 Å². The molecule has 2 aromatic rings. The number of para-hydroxylation sites is 1. The van der Waals surface area contributed by atoms with Gasteiger partial charge >= 0.3 is 11.9 Å². The van der Waals surface area contributed by atoms with Gasteiger partial charge in [-0.05, 0) is 19.1 Å². The smallest absolute Gasteiger partial charge is 0.397 e. The number of esters is 1. The molecule has 6 nitrogen and oxygen atoms in total. The van der Waals surface area contributed by atoms with E-state index in [1.54, 1.807) is 25.1 Å². The van der Waals surface area contributed by atoms with Crippen LogP contribution < -0.4 is 0 Å². The molecule has 6 heteroatoms. The molecule has 1 aromatic carbocycles. The molecule has 0 aliphatic rings. The molecule has 0 saturated heterocycles. The first-order valence-electron chi connectivity index (χ1n) is 5.01. The second kappa shape index (κ2) is 4.65. The Bertz CT molecular complexity index is 536. The van der Waals surface area contributed by atoms with Gasteiger partial charge in [0.1, 0.15) is 5.75 Å². The van der Waals surface area contributed by atoms with Crippen LogP contribution in [0.3, 0.4) is 0 Å². The molecule has 0 radical (unpaired) electrons. The molecule has 1 aromatic heterocycles. The SMILES string of the molecule is CCOC(=O)c1nc(-c2ccccc2O)no1. The normalized spacial score (nSPS) is 10.2. The predicted octanol–water partition coefficient (Wildman–Crippen LogP) is 1.62. The lowest BCUT2D eigenvalue weighted by molar-refractivity contribution is 0.0470. The monoisotopic (exact) mass is 234 g/mol. The molecule has 0 spiro atoms. The molecule has 0 saturated carbocycles. The van der Waals surface area contributed by atoms with E-state index in [2.05, 4.69) is 10.1 Å². The van der Waals surface area contributed by atoms with Crippen LogP contribution in [0, 0.1) is 0 Å². The van der Waals surface area contributed by atoms with Gasteiger partial charge in [0, 0.05) is 0 Å². The Morgan fingerprint density at radius 3 is 2.94 bits per heavy atom. The van der Waals surface area contributed by atoms with Crippen molar-refractivity contribution in [2.75, 3.05) is 6.61 Å². The summed E-state index contributed by atoms with van der Waals surface area (Å²) in [4.78, 5) is 15.1. The van der Waals surface area contributed by atoms with Crippen molar-refractivity contribution in [3.8, 4) is 17.1 Å². The number of phenolic OH excluding ortho intramolecular Hbond substituents is 1. The van der Waals surface area contributed by atoms with E-state index in [-0.39, 0.29) is 24.1 Å². The molecule has 88 valence electrons. The lowest BCUT2D eigenvalue weighted by Gasteiger charge is -1.96. The number of phenols is 1. The van der Waals surface area contributed by atoms with E-state index < -0.39 is 5.97 Å². The van der Waals surface area contributed by atoms with E-state index in [1.165, 1.54) is 6.07 Å². The topological polar surface area (TPSA) is 85.5 Å². The lowest BCUT2D eigenvalue weighted by Crippen LogP contribution is -2.04. The van der Waals surface area contributed by atoms with Crippen molar-refractivity contribution in [2.45, 2.75) is 6.92 Å². The van der Waals surface area contributed by atoms with Crippen LogP contribution in [0.4, 0.5) is 0 Å². The average molecular weight is 234 g/mol. The quantitative estimate of drug-likeness (QED) is 0.812. The molecule has 2 rings (SSSR count). The highest BCUT2D eigenvalue weighted by atomic mass is 16.6. The van der Waals surface area contributed by atoms with Gasteiger partial charge in [0.15, 0.2) is 0 Å². The molecule has 0 bridgehead atoms. The molecular weight excluding hydrogens is 224 g/mol. The number of carbonyl (C=O) groups excluding carboxylic acids is 1.